The molecule has 1 unspecified atom stereocenters. The van der Waals surface area contributed by atoms with Gasteiger partial charge in [0.05, 0.1) is 29.0 Å². The van der Waals surface area contributed by atoms with Crippen LogP contribution in [0.3, 0.4) is 0 Å². The number of nitrogens with one attached hydrogen (secondary N) is 1. The van der Waals surface area contributed by atoms with Gasteiger partial charge < -0.3 is 10.4 Å². The van der Waals surface area contributed by atoms with Crippen LogP contribution in [0.15, 0.2) is 29.3 Å². The van der Waals surface area contributed by atoms with Crippen LogP contribution in [0.1, 0.15) is 33.9 Å². The normalized spacial score (nSPS) is 12.3. The van der Waals surface area contributed by atoms with Gasteiger partial charge in [-0.2, -0.15) is 5.10 Å². The molecule has 4 rings (SSSR count). The Bertz CT molecular complexity index is 1390. The third-order valence-corrected chi connectivity index (χ3v) is 6.28. The molecule has 4 aromatic rings. The molecule has 2 N–H and O–H groups in total. The summed E-state index contributed by atoms with van der Waals surface area (Å²) in [7, 11) is 3.48. The van der Waals surface area contributed by atoms with Gasteiger partial charge in [-0.15, -0.1) is 11.3 Å². The Kier molecular flexibility index (Phi) is 5.28. The number of aryl methyl sites for hydroxylation is 2. The van der Waals surface area contributed by atoms with Crippen LogP contribution in [0.25, 0.3) is 21.6 Å². The third-order valence-electron chi connectivity index (χ3n) is 4.97. The summed E-state index contributed by atoms with van der Waals surface area (Å²) in [5.74, 6) is -0.675. The Labute approximate surface area is 186 Å². The third kappa shape index (κ3) is 3.68. The molecule has 0 aromatic carbocycles. The Morgan fingerprint density at radius 3 is 2.68 bits per heavy atom. The lowest BCUT2D eigenvalue weighted by atomic mass is 10.1. The number of nitrogens with zero attached hydrogens (tertiary/aromatic N) is 5. The van der Waals surface area contributed by atoms with E-state index in [0.29, 0.717) is 21.7 Å². The molecule has 0 saturated heterocycles. The van der Waals surface area contributed by atoms with E-state index in [1.807, 2.05) is 13.8 Å². The molecule has 31 heavy (non-hydrogen) atoms. The van der Waals surface area contributed by atoms with Crippen LogP contribution in [-0.2, 0) is 14.1 Å². The van der Waals surface area contributed by atoms with E-state index in [1.165, 1.54) is 22.0 Å². The fraction of sp³-hybridized carbons (Fsp3) is 0.250. The summed E-state index contributed by atoms with van der Waals surface area (Å²) >= 11 is 7.23. The van der Waals surface area contributed by atoms with Gasteiger partial charge in [-0.25, -0.2) is 14.8 Å². The highest BCUT2D eigenvalue weighted by Crippen LogP contribution is 2.35. The standard InChI is InChI=1S/C20H19ClN6O3S/c1-9(23-12-5-6-13(21)24-15(12)20(29)30)14-10(2)31-17-16(14)25-18(27(4)19(17)28)11-7-22-26(3)8-11/h5-9,23H,1-4H3,(H,29,30). The molecule has 0 amide bonds. The summed E-state index contributed by atoms with van der Waals surface area (Å²) in [6, 6.07) is 2.76. The average molecular weight is 459 g/mol. The van der Waals surface area contributed by atoms with Crippen LogP contribution in [0.5, 0.6) is 0 Å². The zero-order chi connectivity index (χ0) is 22.4. The zero-order valence-corrected chi connectivity index (χ0v) is 18.7. The van der Waals surface area contributed by atoms with Gasteiger partial charge >= 0.3 is 5.97 Å². The number of fused-ring (bicyclic) bond motifs is 1. The molecule has 0 radical (unpaired) electrons. The molecule has 1 atom stereocenters. The zero-order valence-electron chi connectivity index (χ0n) is 17.2. The number of hydrogen-bond donors (Lipinski definition) is 2. The largest absolute Gasteiger partial charge is 0.476 e. The number of rotatable bonds is 5. The number of carboxylic acids is 1. The van der Waals surface area contributed by atoms with E-state index >= 15 is 0 Å². The molecule has 0 spiro atoms. The topological polar surface area (TPSA) is 115 Å². The van der Waals surface area contributed by atoms with Crippen molar-refractivity contribution in [1.82, 2.24) is 24.3 Å². The van der Waals surface area contributed by atoms with Gasteiger partial charge in [-0.05, 0) is 26.0 Å². The van der Waals surface area contributed by atoms with E-state index in [4.69, 9.17) is 16.6 Å². The van der Waals surface area contributed by atoms with Crippen molar-refractivity contribution in [3.05, 3.63) is 56.2 Å². The maximum Gasteiger partial charge on any atom is 0.356 e. The number of anilines is 1. The van der Waals surface area contributed by atoms with Gasteiger partial charge in [-0.3, -0.25) is 14.0 Å². The van der Waals surface area contributed by atoms with Crippen LogP contribution >= 0.6 is 22.9 Å². The highest BCUT2D eigenvalue weighted by atomic mass is 35.5. The van der Waals surface area contributed by atoms with Crippen LogP contribution < -0.4 is 10.9 Å². The maximum absolute atomic E-state index is 13.0. The van der Waals surface area contributed by atoms with Gasteiger partial charge in [0.2, 0.25) is 0 Å². The monoisotopic (exact) mass is 458 g/mol. The van der Waals surface area contributed by atoms with Crippen molar-refractivity contribution in [1.29, 1.82) is 0 Å². The minimum absolute atomic E-state index is 0.0963. The first kappa shape index (κ1) is 21.0. The Hall–Kier alpha value is -3.24. The number of carbonyl (C=O) groups is 1. The van der Waals surface area contributed by atoms with Crippen LogP contribution in [0.4, 0.5) is 5.69 Å². The maximum atomic E-state index is 13.0. The second kappa shape index (κ2) is 7.78. The van der Waals surface area contributed by atoms with Crippen molar-refractivity contribution in [2.45, 2.75) is 19.9 Å². The number of thiophene rings is 1. The van der Waals surface area contributed by atoms with E-state index in [-0.39, 0.29) is 22.4 Å². The van der Waals surface area contributed by atoms with E-state index < -0.39 is 5.97 Å². The van der Waals surface area contributed by atoms with E-state index in [1.54, 1.807) is 37.2 Å². The molecule has 9 nitrogen and oxygen atoms in total. The number of hydrogen-bond acceptors (Lipinski definition) is 7. The molecule has 0 aliphatic heterocycles. The summed E-state index contributed by atoms with van der Waals surface area (Å²) in [5, 5.41) is 16.9. The summed E-state index contributed by atoms with van der Waals surface area (Å²) in [6.07, 6.45) is 3.46. The SMILES string of the molecule is Cc1sc2c(=O)n(C)c(-c3cnn(C)c3)nc2c1C(C)Nc1ccc(Cl)nc1C(=O)O. The smallest absolute Gasteiger partial charge is 0.356 e. The fourth-order valence-corrected chi connectivity index (χ4v) is 4.87. The second-order valence-corrected chi connectivity index (χ2v) is 8.77. The molecule has 11 heteroatoms. The van der Waals surface area contributed by atoms with Crippen molar-refractivity contribution in [3.63, 3.8) is 0 Å². The first-order valence-electron chi connectivity index (χ1n) is 9.32. The van der Waals surface area contributed by atoms with Crippen molar-refractivity contribution in [2.75, 3.05) is 5.32 Å². The molecule has 4 heterocycles. The van der Waals surface area contributed by atoms with Crippen LogP contribution in [-0.4, -0.2) is 35.4 Å². The van der Waals surface area contributed by atoms with E-state index in [2.05, 4.69) is 15.4 Å². The minimum atomic E-state index is -1.19. The lowest BCUT2D eigenvalue weighted by molar-refractivity contribution is 0.0691. The molecule has 160 valence electrons. The number of halogens is 1. The van der Waals surface area contributed by atoms with Crippen LogP contribution in [0.2, 0.25) is 5.15 Å². The fourth-order valence-electron chi connectivity index (χ4n) is 3.56. The first-order chi connectivity index (χ1) is 14.7. The Morgan fingerprint density at radius 1 is 1.29 bits per heavy atom. The predicted molar refractivity (Wildman–Crippen MR) is 120 cm³/mol. The molecule has 0 bridgehead atoms. The van der Waals surface area contributed by atoms with Crippen LogP contribution in [0, 0.1) is 6.92 Å². The van der Waals surface area contributed by atoms with E-state index in [9.17, 15) is 14.7 Å². The average Bonchev–Trinajstić information content (AvgIpc) is 3.28. The summed E-state index contributed by atoms with van der Waals surface area (Å²) in [5.41, 5.74) is 2.16. The van der Waals surface area contributed by atoms with Gasteiger partial charge in [-0.1, -0.05) is 11.6 Å². The van der Waals surface area contributed by atoms with E-state index in [0.717, 1.165) is 16.0 Å². The van der Waals surface area contributed by atoms with Gasteiger partial charge in [0.25, 0.3) is 5.56 Å². The van der Waals surface area contributed by atoms with Crippen molar-refractivity contribution >= 4 is 44.8 Å². The molecular formula is C20H19ClN6O3S. The number of carboxylic acid groups (broad SMARTS) is 1. The minimum Gasteiger partial charge on any atom is -0.476 e. The molecule has 4 aromatic heterocycles. The lowest BCUT2D eigenvalue weighted by Crippen LogP contribution is -2.20. The van der Waals surface area contributed by atoms with Crippen molar-refractivity contribution in [3.8, 4) is 11.4 Å². The molecule has 0 aliphatic carbocycles. The molecule has 0 aliphatic rings. The summed E-state index contributed by atoms with van der Waals surface area (Å²) in [6.45, 7) is 3.80. The quantitative estimate of drug-likeness (QED) is 0.439. The second-order valence-electron chi connectivity index (χ2n) is 7.15. The Balaban J connectivity index is 1.85. The lowest BCUT2D eigenvalue weighted by Gasteiger charge is -2.17. The van der Waals surface area contributed by atoms with Crippen molar-refractivity contribution < 1.29 is 9.90 Å². The summed E-state index contributed by atoms with van der Waals surface area (Å²) in [4.78, 5) is 34.2. The van der Waals surface area contributed by atoms with Gasteiger partial charge in [0, 0.05) is 30.7 Å². The van der Waals surface area contributed by atoms with Gasteiger partial charge in [0.1, 0.15) is 15.7 Å². The molecule has 0 saturated carbocycles. The highest BCUT2D eigenvalue weighted by molar-refractivity contribution is 7.19. The summed E-state index contributed by atoms with van der Waals surface area (Å²) < 4.78 is 3.71. The number of aromatic nitrogens is 5. The van der Waals surface area contributed by atoms with Crippen molar-refractivity contribution in [2.24, 2.45) is 14.1 Å². The highest BCUT2D eigenvalue weighted by Gasteiger charge is 2.23. The predicted octanol–water partition coefficient (Wildman–Crippen LogP) is 3.62. The Morgan fingerprint density at radius 2 is 2.03 bits per heavy atom. The van der Waals surface area contributed by atoms with Gasteiger partial charge in [0.15, 0.2) is 5.69 Å². The molecule has 0 fully saturated rings. The number of pyridine rings is 1. The molecular weight excluding hydrogens is 440 g/mol. The first-order valence-corrected chi connectivity index (χ1v) is 10.5. The number of aromatic carboxylic acids is 1.